The molecule has 20 heavy (non-hydrogen) atoms. The minimum atomic E-state index is -1.06. The van der Waals surface area contributed by atoms with Gasteiger partial charge in [-0.15, -0.1) is 0 Å². The molecule has 1 aliphatic rings. The Hall–Kier alpha value is -2.37. The molecule has 1 atom stereocenters. The van der Waals surface area contributed by atoms with Gasteiger partial charge < -0.3 is 15.3 Å². The quantitative estimate of drug-likeness (QED) is 0.833. The molecule has 1 aromatic rings. The number of rotatable bonds is 3. The van der Waals surface area contributed by atoms with Crippen LogP contribution in [0.4, 0.5) is 0 Å². The first kappa shape index (κ1) is 14.0. The van der Waals surface area contributed by atoms with E-state index >= 15 is 0 Å². The van der Waals surface area contributed by atoms with Gasteiger partial charge in [0, 0.05) is 13.5 Å². The van der Waals surface area contributed by atoms with Crippen LogP contribution in [0.3, 0.4) is 0 Å². The lowest BCUT2D eigenvalue weighted by atomic mass is 9.92. The van der Waals surface area contributed by atoms with Crippen molar-refractivity contribution in [3.8, 4) is 0 Å². The van der Waals surface area contributed by atoms with E-state index in [2.05, 4.69) is 5.32 Å². The molecule has 1 heterocycles. The molecule has 2 N–H and O–H groups in total. The summed E-state index contributed by atoms with van der Waals surface area (Å²) in [7, 11) is 0. The molecule has 0 saturated heterocycles. The highest BCUT2D eigenvalue weighted by molar-refractivity contribution is 5.88. The van der Waals surface area contributed by atoms with Crippen molar-refractivity contribution in [3.63, 3.8) is 0 Å². The molecule has 0 aromatic heterocycles. The predicted octanol–water partition coefficient (Wildman–Crippen LogP) is 0.333. The molecule has 0 spiro atoms. The van der Waals surface area contributed by atoms with E-state index in [1.807, 2.05) is 12.1 Å². The molecule has 1 unspecified atom stereocenters. The van der Waals surface area contributed by atoms with E-state index in [9.17, 15) is 19.5 Å². The highest BCUT2D eigenvalue weighted by Crippen LogP contribution is 2.29. The number of carbonyl (C=O) groups excluding carboxylic acids is 2. The van der Waals surface area contributed by atoms with Crippen LogP contribution >= 0.6 is 0 Å². The summed E-state index contributed by atoms with van der Waals surface area (Å²) < 4.78 is 0. The summed E-state index contributed by atoms with van der Waals surface area (Å²) in [4.78, 5) is 35.7. The number of carboxylic acids is 1. The van der Waals surface area contributed by atoms with E-state index in [0.717, 1.165) is 5.56 Å². The van der Waals surface area contributed by atoms with Gasteiger partial charge in [0.05, 0.1) is 6.54 Å². The highest BCUT2D eigenvalue weighted by atomic mass is 16.4. The van der Waals surface area contributed by atoms with Crippen LogP contribution in [-0.4, -0.2) is 40.9 Å². The Morgan fingerprint density at radius 2 is 2.05 bits per heavy atom. The van der Waals surface area contributed by atoms with Gasteiger partial charge in [-0.1, -0.05) is 24.3 Å². The molecule has 1 aliphatic heterocycles. The number of aliphatic carboxylic acids is 1. The van der Waals surface area contributed by atoms with E-state index in [0.29, 0.717) is 18.5 Å². The third-order valence-electron chi connectivity index (χ3n) is 3.33. The first-order valence-corrected chi connectivity index (χ1v) is 6.35. The zero-order chi connectivity index (χ0) is 14.7. The fourth-order valence-corrected chi connectivity index (χ4v) is 2.40. The maximum atomic E-state index is 12.1. The number of carboxylic acid groups (broad SMARTS) is 1. The van der Waals surface area contributed by atoms with E-state index in [4.69, 9.17) is 0 Å². The first-order valence-electron chi connectivity index (χ1n) is 6.35. The molecule has 2 amide bonds. The zero-order valence-electron chi connectivity index (χ0n) is 11.1. The summed E-state index contributed by atoms with van der Waals surface area (Å²) >= 11 is 0. The molecular weight excluding hydrogens is 260 g/mol. The Kier molecular flexibility index (Phi) is 4.02. The van der Waals surface area contributed by atoms with Crippen LogP contribution in [0.15, 0.2) is 24.3 Å². The third-order valence-corrected chi connectivity index (χ3v) is 3.33. The van der Waals surface area contributed by atoms with Crippen molar-refractivity contribution in [3.05, 3.63) is 35.4 Å². The van der Waals surface area contributed by atoms with Crippen LogP contribution in [0.1, 0.15) is 24.1 Å². The van der Waals surface area contributed by atoms with E-state index in [1.54, 1.807) is 12.1 Å². The molecule has 0 fully saturated rings. The van der Waals surface area contributed by atoms with Gasteiger partial charge in [-0.3, -0.25) is 9.59 Å². The number of amides is 2. The van der Waals surface area contributed by atoms with E-state index in [-0.39, 0.29) is 18.4 Å². The van der Waals surface area contributed by atoms with Gasteiger partial charge in [0.1, 0.15) is 0 Å². The summed E-state index contributed by atoms with van der Waals surface area (Å²) in [6.07, 6.45) is 0.617. The van der Waals surface area contributed by atoms with Gasteiger partial charge in [0.2, 0.25) is 11.8 Å². The maximum Gasteiger partial charge on any atom is 0.331 e. The highest BCUT2D eigenvalue weighted by Gasteiger charge is 2.35. The maximum absolute atomic E-state index is 12.1. The lowest BCUT2D eigenvalue weighted by molar-refractivity contribution is -0.151. The molecule has 106 valence electrons. The fraction of sp³-hybridized carbons (Fsp3) is 0.357. The molecule has 0 bridgehead atoms. The number of hydrogen-bond donors (Lipinski definition) is 2. The summed E-state index contributed by atoms with van der Waals surface area (Å²) in [5, 5.41) is 11.8. The largest absolute Gasteiger partial charge is 0.479 e. The van der Waals surface area contributed by atoms with Gasteiger partial charge in [-0.05, 0) is 17.5 Å². The normalized spacial score (nSPS) is 17.2. The van der Waals surface area contributed by atoms with Gasteiger partial charge >= 0.3 is 5.97 Å². The topological polar surface area (TPSA) is 86.7 Å². The van der Waals surface area contributed by atoms with Crippen LogP contribution in [0.25, 0.3) is 0 Å². The lowest BCUT2D eigenvalue weighted by Gasteiger charge is -2.34. The Morgan fingerprint density at radius 3 is 2.70 bits per heavy atom. The van der Waals surface area contributed by atoms with Crippen molar-refractivity contribution in [2.24, 2.45) is 0 Å². The van der Waals surface area contributed by atoms with Gasteiger partial charge in [0.25, 0.3) is 0 Å². The Labute approximate surface area is 116 Å². The second-order valence-electron chi connectivity index (χ2n) is 4.69. The molecule has 6 nitrogen and oxygen atoms in total. The number of nitrogens with zero attached hydrogens (tertiary/aromatic N) is 1. The van der Waals surface area contributed by atoms with Crippen LogP contribution in [-0.2, 0) is 20.8 Å². The summed E-state index contributed by atoms with van der Waals surface area (Å²) in [5.41, 5.74) is 1.59. The number of nitrogens with one attached hydrogen (secondary N) is 1. The van der Waals surface area contributed by atoms with Crippen LogP contribution in [0.2, 0.25) is 0 Å². The Morgan fingerprint density at radius 1 is 1.35 bits per heavy atom. The predicted molar refractivity (Wildman–Crippen MR) is 70.9 cm³/mol. The van der Waals surface area contributed by atoms with E-state index < -0.39 is 12.0 Å². The fourth-order valence-electron chi connectivity index (χ4n) is 2.40. The van der Waals surface area contributed by atoms with Crippen molar-refractivity contribution in [2.45, 2.75) is 19.4 Å². The van der Waals surface area contributed by atoms with Crippen LogP contribution in [0.5, 0.6) is 0 Å². The summed E-state index contributed by atoms with van der Waals surface area (Å²) in [6.45, 7) is 1.47. The number of fused-ring (bicyclic) bond motifs is 1. The van der Waals surface area contributed by atoms with Crippen molar-refractivity contribution in [1.29, 1.82) is 0 Å². The van der Waals surface area contributed by atoms with Crippen LogP contribution in [0, 0.1) is 0 Å². The monoisotopic (exact) mass is 276 g/mol. The molecule has 0 saturated carbocycles. The smallest absolute Gasteiger partial charge is 0.331 e. The standard InChI is InChI=1S/C14H16N2O4/c1-9(17)15-8-12(18)16-7-6-10-4-2-3-5-11(10)13(16)14(19)20/h2-5,13H,6-8H2,1H3,(H,15,17)(H,19,20). The zero-order valence-corrected chi connectivity index (χ0v) is 11.1. The minimum absolute atomic E-state index is 0.179. The number of benzene rings is 1. The van der Waals surface area contributed by atoms with Crippen molar-refractivity contribution >= 4 is 17.8 Å². The van der Waals surface area contributed by atoms with Crippen LogP contribution < -0.4 is 5.32 Å². The molecule has 0 radical (unpaired) electrons. The third kappa shape index (κ3) is 2.79. The molecule has 6 heteroatoms. The van der Waals surface area contributed by atoms with Crippen molar-refractivity contribution < 1.29 is 19.5 Å². The SMILES string of the molecule is CC(=O)NCC(=O)N1CCc2ccccc2C1C(=O)O. The minimum Gasteiger partial charge on any atom is -0.479 e. The average Bonchev–Trinajstić information content (AvgIpc) is 2.43. The second-order valence-corrected chi connectivity index (χ2v) is 4.69. The average molecular weight is 276 g/mol. The van der Waals surface area contributed by atoms with Crippen molar-refractivity contribution in [1.82, 2.24) is 10.2 Å². The Balaban J connectivity index is 2.24. The summed E-state index contributed by atoms with van der Waals surface area (Å²) in [5.74, 6) is -1.77. The van der Waals surface area contributed by atoms with E-state index in [1.165, 1.54) is 11.8 Å². The number of hydrogen-bond acceptors (Lipinski definition) is 3. The van der Waals surface area contributed by atoms with Gasteiger partial charge in [0.15, 0.2) is 6.04 Å². The first-order chi connectivity index (χ1) is 9.50. The van der Waals surface area contributed by atoms with Gasteiger partial charge in [-0.2, -0.15) is 0 Å². The number of carbonyl (C=O) groups is 3. The van der Waals surface area contributed by atoms with Gasteiger partial charge in [-0.25, -0.2) is 4.79 Å². The molecule has 2 rings (SSSR count). The van der Waals surface area contributed by atoms with Crippen molar-refractivity contribution in [2.75, 3.05) is 13.1 Å². The lowest BCUT2D eigenvalue weighted by Crippen LogP contribution is -2.47. The molecule has 1 aromatic carbocycles. The molecule has 0 aliphatic carbocycles. The molecular formula is C14H16N2O4. The Bertz CT molecular complexity index is 556. The second kappa shape index (κ2) is 5.73. The summed E-state index contributed by atoms with van der Waals surface area (Å²) in [6, 6.07) is 6.23.